The van der Waals surface area contributed by atoms with Crippen molar-refractivity contribution in [1.29, 1.82) is 0 Å². The third-order valence-corrected chi connectivity index (χ3v) is 4.78. The van der Waals surface area contributed by atoms with Crippen LogP contribution in [0.3, 0.4) is 0 Å². The van der Waals surface area contributed by atoms with Gasteiger partial charge in [0, 0.05) is 13.8 Å². The lowest BCUT2D eigenvalue weighted by Gasteiger charge is -2.47. The highest BCUT2D eigenvalue weighted by Gasteiger charge is 2.51. The van der Waals surface area contributed by atoms with E-state index in [2.05, 4.69) is 10.6 Å². The van der Waals surface area contributed by atoms with Gasteiger partial charge in [0.1, 0.15) is 48.7 Å². The lowest BCUT2D eigenvalue weighted by atomic mass is 9.94. The maximum absolute atomic E-state index is 11.5. The number of hydrogen-bond acceptors (Lipinski definition) is 11. The molecule has 0 aromatic rings. The normalized spacial score (nSPS) is 42.9. The Labute approximate surface area is 166 Å². The van der Waals surface area contributed by atoms with Crippen molar-refractivity contribution in [1.82, 2.24) is 10.6 Å². The molecule has 0 spiro atoms. The standard InChI is InChI=1S/C16H28N2O11/c1-5(21)17-9-13(25)14(8(4-20)27-15(9)26)29-16-10(18-6(2)22)12(24)11(23)7(3-19)28-16/h7-16,19-20,23-26H,3-4H2,1-2H3,(H,17,21)(H,18,22)/t7?,8?,9?,10-,11+,12?,13?,14+,15+,16-/m0/s1. The molecule has 0 bridgehead atoms. The first-order valence-electron chi connectivity index (χ1n) is 9.05. The van der Waals surface area contributed by atoms with Crippen molar-refractivity contribution in [2.45, 2.75) is 75.1 Å². The highest BCUT2D eigenvalue weighted by atomic mass is 16.7. The van der Waals surface area contributed by atoms with Crippen LogP contribution in [0.25, 0.3) is 0 Å². The van der Waals surface area contributed by atoms with Crippen LogP contribution in [-0.4, -0.2) is 117 Å². The number of ether oxygens (including phenoxy) is 3. The number of nitrogens with one attached hydrogen (secondary N) is 2. The molecule has 2 amide bonds. The molecule has 2 saturated heterocycles. The highest BCUT2D eigenvalue weighted by molar-refractivity contribution is 5.73. The molecular weight excluding hydrogens is 396 g/mol. The molecule has 2 heterocycles. The van der Waals surface area contributed by atoms with Gasteiger partial charge in [-0.2, -0.15) is 0 Å². The van der Waals surface area contributed by atoms with Crippen LogP contribution in [0.2, 0.25) is 0 Å². The Bertz CT molecular complexity index is 579. The smallest absolute Gasteiger partial charge is 0.217 e. The monoisotopic (exact) mass is 424 g/mol. The summed E-state index contributed by atoms with van der Waals surface area (Å²) in [5, 5.41) is 64.5. The fourth-order valence-electron chi connectivity index (χ4n) is 3.38. The number of amides is 2. The number of rotatable bonds is 6. The average molecular weight is 424 g/mol. The predicted octanol–water partition coefficient (Wildman–Crippen LogP) is -5.11. The Kier molecular flexibility index (Phi) is 8.28. The zero-order valence-corrected chi connectivity index (χ0v) is 15.9. The molecule has 13 heteroatoms. The Hall–Kier alpha value is -1.42. The van der Waals surface area contributed by atoms with E-state index in [1.807, 2.05) is 0 Å². The molecule has 29 heavy (non-hydrogen) atoms. The largest absolute Gasteiger partial charge is 0.394 e. The zero-order chi connectivity index (χ0) is 21.9. The van der Waals surface area contributed by atoms with Crippen molar-refractivity contribution in [3.63, 3.8) is 0 Å². The maximum atomic E-state index is 11.5. The van der Waals surface area contributed by atoms with Crippen molar-refractivity contribution < 1.29 is 54.4 Å². The van der Waals surface area contributed by atoms with E-state index in [4.69, 9.17) is 14.2 Å². The number of aliphatic hydroxyl groups is 6. The summed E-state index contributed by atoms with van der Waals surface area (Å²) >= 11 is 0. The number of carbonyl (C=O) groups excluding carboxylic acids is 2. The van der Waals surface area contributed by atoms with E-state index in [1.54, 1.807) is 0 Å². The van der Waals surface area contributed by atoms with Crippen molar-refractivity contribution in [2.24, 2.45) is 0 Å². The Morgan fingerprint density at radius 3 is 1.90 bits per heavy atom. The Morgan fingerprint density at radius 2 is 1.38 bits per heavy atom. The lowest BCUT2D eigenvalue weighted by molar-refractivity contribution is -0.327. The second-order valence-corrected chi connectivity index (χ2v) is 7.00. The van der Waals surface area contributed by atoms with Gasteiger partial charge >= 0.3 is 0 Å². The summed E-state index contributed by atoms with van der Waals surface area (Å²) in [5.74, 6) is -1.14. The molecule has 2 aliphatic rings. The third kappa shape index (κ3) is 5.39. The minimum Gasteiger partial charge on any atom is -0.394 e. The molecule has 0 saturated carbocycles. The lowest BCUT2D eigenvalue weighted by Crippen LogP contribution is -2.69. The summed E-state index contributed by atoms with van der Waals surface area (Å²) in [4.78, 5) is 22.8. The van der Waals surface area contributed by atoms with E-state index in [1.165, 1.54) is 0 Å². The van der Waals surface area contributed by atoms with Crippen molar-refractivity contribution >= 4 is 11.8 Å². The van der Waals surface area contributed by atoms with Crippen LogP contribution in [-0.2, 0) is 23.8 Å². The van der Waals surface area contributed by atoms with Gasteiger partial charge in [0.2, 0.25) is 11.8 Å². The van der Waals surface area contributed by atoms with Crippen LogP contribution in [0.5, 0.6) is 0 Å². The van der Waals surface area contributed by atoms with E-state index in [0.717, 1.165) is 13.8 Å². The van der Waals surface area contributed by atoms with E-state index in [-0.39, 0.29) is 0 Å². The van der Waals surface area contributed by atoms with E-state index in [9.17, 15) is 40.2 Å². The second-order valence-electron chi connectivity index (χ2n) is 7.00. The molecule has 0 aromatic carbocycles. The second kappa shape index (κ2) is 10.1. The third-order valence-electron chi connectivity index (χ3n) is 4.78. The van der Waals surface area contributed by atoms with E-state index < -0.39 is 86.3 Å². The van der Waals surface area contributed by atoms with Gasteiger partial charge in [0.25, 0.3) is 0 Å². The first-order chi connectivity index (χ1) is 13.6. The van der Waals surface area contributed by atoms with Gasteiger partial charge in [-0.05, 0) is 0 Å². The topological polar surface area (TPSA) is 207 Å². The molecule has 0 aromatic heterocycles. The van der Waals surface area contributed by atoms with Gasteiger partial charge in [-0.1, -0.05) is 0 Å². The van der Waals surface area contributed by atoms with Gasteiger partial charge in [-0.25, -0.2) is 0 Å². The van der Waals surface area contributed by atoms with Crippen molar-refractivity contribution in [3.05, 3.63) is 0 Å². The van der Waals surface area contributed by atoms with Crippen LogP contribution >= 0.6 is 0 Å². The van der Waals surface area contributed by atoms with Crippen molar-refractivity contribution in [2.75, 3.05) is 13.2 Å². The van der Waals surface area contributed by atoms with Gasteiger partial charge < -0.3 is 55.5 Å². The Morgan fingerprint density at radius 1 is 0.828 bits per heavy atom. The zero-order valence-electron chi connectivity index (χ0n) is 15.9. The van der Waals surface area contributed by atoms with Crippen LogP contribution in [0.15, 0.2) is 0 Å². The van der Waals surface area contributed by atoms with Crippen LogP contribution in [0.1, 0.15) is 13.8 Å². The quantitative estimate of drug-likeness (QED) is 0.202. The molecule has 8 N–H and O–H groups in total. The fraction of sp³-hybridized carbons (Fsp3) is 0.875. The number of aliphatic hydroxyl groups excluding tert-OH is 6. The maximum Gasteiger partial charge on any atom is 0.217 e. The average Bonchev–Trinajstić information content (AvgIpc) is 2.65. The number of hydrogen-bond donors (Lipinski definition) is 8. The molecule has 2 fully saturated rings. The Balaban J connectivity index is 2.26. The molecule has 13 nitrogen and oxygen atoms in total. The fourth-order valence-corrected chi connectivity index (χ4v) is 3.38. The minimum atomic E-state index is -1.64. The minimum absolute atomic E-state index is 0.568. The summed E-state index contributed by atoms with van der Waals surface area (Å²) in [7, 11) is 0. The number of carbonyl (C=O) groups is 2. The summed E-state index contributed by atoms with van der Waals surface area (Å²) < 4.78 is 16.3. The summed E-state index contributed by atoms with van der Waals surface area (Å²) in [6, 6.07) is -2.59. The molecule has 0 radical (unpaired) electrons. The molecule has 2 rings (SSSR count). The van der Waals surface area contributed by atoms with Gasteiger partial charge in [-0.3, -0.25) is 9.59 Å². The molecular formula is C16H28N2O11. The van der Waals surface area contributed by atoms with Crippen molar-refractivity contribution in [3.8, 4) is 0 Å². The predicted molar refractivity (Wildman–Crippen MR) is 91.8 cm³/mol. The molecule has 168 valence electrons. The van der Waals surface area contributed by atoms with Gasteiger partial charge in [-0.15, -0.1) is 0 Å². The van der Waals surface area contributed by atoms with Gasteiger partial charge in [0.15, 0.2) is 12.6 Å². The van der Waals surface area contributed by atoms with Gasteiger partial charge in [0.05, 0.1) is 13.2 Å². The molecule has 10 atom stereocenters. The van der Waals surface area contributed by atoms with E-state index >= 15 is 0 Å². The summed E-state index contributed by atoms with van der Waals surface area (Å²) in [6.07, 6.45) is -11.7. The van der Waals surface area contributed by atoms with Crippen LogP contribution < -0.4 is 10.6 Å². The van der Waals surface area contributed by atoms with Crippen LogP contribution in [0.4, 0.5) is 0 Å². The first kappa shape index (κ1) is 23.9. The molecule has 0 aliphatic carbocycles. The van der Waals surface area contributed by atoms with E-state index in [0.29, 0.717) is 0 Å². The first-order valence-corrected chi connectivity index (χ1v) is 9.05. The highest BCUT2D eigenvalue weighted by Crippen LogP contribution is 2.28. The summed E-state index contributed by atoms with van der Waals surface area (Å²) in [5.41, 5.74) is 0. The van der Waals surface area contributed by atoms with Crippen LogP contribution in [0, 0.1) is 0 Å². The molecule has 5 unspecified atom stereocenters. The summed E-state index contributed by atoms with van der Waals surface area (Å²) in [6.45, 7) is 0.962. The molecule has 2 aliphatic heterocycles. The SMILES string of the molecule is CC(=O)NC1C(O)[C@H](O[C@@H]2OC(CO)[C@@H](O)C(O)[C@@H]2NC(C)=O)C(CO)O[C@H]1O.